The van der Waals surface area contributed by atoms with Crippen LogP contribution in [-0.2, 0) is 10.0 Å². The summed E-state index contributed by atoms with van der Waals surface area (Å²) in [6, 6.07) is 8.99. The van der Waals surface area contributed by atoms with Crippen molar-refractivity contribution in [1.29, 1.82) is 0 Å². The Kier molecular flexibility index (Phi) is 5.19. The van der Waals surface area contributed by atoms with E-state index in [9.17, 15) is 12.8 Å². The number of pyridine rings is 1. The third kappa shape index (κ3) is 3.91. The van der Waals surface area contributed by atoms with Gasteiger partial charge in [-0.3, -0.25) is 0 Å². The van der Waals surface area contributed by atoms with E-state index in [1.807, 2.05) is 0 Å². The zero-order valence-electron chi connectivity index (χ0n) is 13.8. The van der Waals surface area contributed by atoms with Crippen molar-refractivity contribution in [3.63, 3.8) is 0 Å². The molecule has 0 bridgehead atoms. The van der Waals surface area contributed by atoms with E-state index >= 15 is 0 Å². The minimum Gasteiger partial charge on any atom is -0.491 e. The zero-order chi connectivity index (χ0) is 17.9. The van der Waals surface area contributed by atoms with E-state index in [1.54, 1.807) is 31.3 Å². The van der Waals surface area contributed by atoms with Crippen LogP contribution >= 0.6 is 0 Å². The van der Waals surface area contributed by atoms with Crippen LogP contribution in [0, 0.1) is 5.82 Å². The minimum atomic E-state index is -3.78. The summed E-state index contributed by atoms with van der Waals surface area (Å²) in [7, 11) is -3.78. The molecule has 1 aliphatic rings. The van der Waals surface area contributed by atoms with Crippen molar-refractivity contribution in [3.8, 4) is 11.6 Å². The first kappa shape index (κ1) is 17.6. The van der Waals surface area contributed by atoms with Crippen molar-refractivity contribution in [2.75, 3.05) is 19.7 Å². The number of ether oxygens (including phenoxy) is 2. The van der Waals surface area contributed by atoms with Gasteiger partial charge in [0.05, 0.1) is 18.0 Å². The van der Waals surface area contributed by atoms with Crippen molar-refractivity contribution in [1.82, 2.24) is 9.29 Å². The maximum Gasteiger partial charge on any atom is 0.243 e. The predicted molar refractivity (Wildman–Crippen MR) is 89.6 cm³/mol. The van der Waals surface area contributed by atoms with Gasteiger partial charge < -0.3 is 9.47 Å². The fourth-order valence-electron chi connectivity index (χ4n) is 2.66. The number of hydrogen-bond donors (Lipinski definition) is 0. The van der Waals surface area contributed by atoms with E-state index < -0.39 is 15.8 Å². The van der Waals surface area contributed by atoms with E-state index in [0.717, 1.165) is 6.07 Å². The van der Waals surface area contributed by atoms with E-state index in [4.69, 9.17) is 9.47 Å². The lowest BCUT2D eigenvalue weighted by Crippen LogP contribution is -2.31. The van der Waals surface area contributed by atoms with Crippen LogP contribution in [0.25, 0.3) is 0 Å². The van der Waals surface area contributed by atoms with Crippen LogP contribution in [0.5, 0.6) is 11.6 Å². The van der Waals surface area contributed by atoms with Gasteiger partial charge in [0.15, 0.2) is 11.6 Å². The van der Waals surface area contributed by atoms with Gasteiger partial charge in [0.1, 0.15) is 6.10 Å². The normalized spacial score (nSPS) is 18.2. The average molecular weight is 366 g/mol. The summed E-state index contributed by atoms with van der Waals surface area (Å²) in [6.45, 7) is 2.56. The standard InChI is InChI=1S/C17H19FN2O4S/c1-2-23-16-7-6-14(11-15(16)18)25(21,22)20-10-8-13(12-20)24-17-5-3-4-9-19-17/h3-7,9,11,13H,2,8,10,12H2,1H3. The molecule has 3 rings (SSSR count). The molecule has 0 radical (unpaired) electrons. The van der Waals surface area contributed by atoms with Crippen LogP contribution in [0.15, 0.2) is 47.5 Å². The average Bonchev–Trinajstić information content (AvgIpc) is 3.07. The molecule has 0 N–H and O–H groups in total. The molecule has 8 heteroatoms. The van der Waals surface area contributed by atoms with Gasteiger partial charge in [0.2, 0.25) is 15.9 Å². The fourth-order valence-corrected chi connectivity index (χ4v) is 4.16. The van der Waals surface area contributed by atoms with E-state index in [2.05, 4.69) is 4.98 Å². The Hall–Kier alpha value is -2.19. The first-order valence-corrected chi connectivity index (χ1v) is 9.45. The number of halogens is 1. The first-order valence-electron chi connectivity index (χ1n) is 8.01. The highest BCUT2D eigenvalue weighted by Crippen LogP contribution is 2.26. The maximum atomic E-state index is 14.0. The molecule has 6 nitrogen and oxygen atoms in total. The Morgan fingerprint density at radius 3 is 2.84 bits per heavy atom. The first-order chi connectivity index (χ1) is 12.0. The highest BCUT2D eigenvalue weighted by atomic mass is 32.2. The fraction of sp³-hybridized carbons (Fsp3) is 0.353. The van der Waals surface area contributed by atoms with Crippen molar-refractivity contribution in [3.05, 3.63) is 48.4 Å². The quantitative estimate of drug-likeness (QED) is 0.786. The summed E-state index contributed by atoms with van der Waals surface area (Å²) in [5.74, 6) is -0.193. The highest BCUT2D eigenvalue weighted by molar-refractivity contribution is 7.89. The molecular formula is C17H19FN2O4S. The molecule has 1 unspecified atom stereocenters. The second kappa shape index (κ2) is 7.37. The molecule has 0 aliphatic carbocycles. The summed E-state index contributed by atoms with van der Waals surface area (Å²) in [5, 5.41) is 0. The van der Waals surface area contributed by atoms with Crippen molar-refractivity contribution >= 4 is 10.0 Å². The molecule has 0 saturated carbocycles. The van der Waals surface area contributed by atoms with Gasteiger partial charge in [-0.05, 0) is 37.6 Å². The maximum absolute atomic E-state index is 14.0. The molecule has 1 atom stereocenters. The van der Waals surface area contributed by atoms with Crippen LogP contribution in [0.3, 0.4) is 0 Å². The summed E-state index contributed by atoms with van der Waals surface area (Å²) in [4.78, 5) is 3.98. The largest absolute Gasteiger partial charge is 0.491 e. The third-order valence-corrected chi connectivity index (χ3v) is 5.74. The van der Waals surface area contributed by atoms with E-state index in [0.29, 0.717) is 25.5 Å². The second-order valence-corrected chi connectivity index (χ2v) is 7.52. The van der Waals surface area contributed by atoms with Gasteiger partial charge in [-0.1, -0.05) is 6.07 Å². The molecule has 1 aromatic carbocycles. The summed E-state index contributed by atoms with van der Waals surface area (Å²) < 4.78 is 51.5. The zero-order valence-corrected chi connectivity index (χ0v) is 14.6. The van der Waals surface area contributed by atoms with Crippen LogP contribution in [0.1, 0.15) is 13.3 Å². The van der Waals surface area contributed by atoms with Crippen molar-refractivity contribution in [2.45, 2.75) is 24.3 Å². The Balaban J connectivity index is 1.72. The Labute approximate surface area is 146 Å². The Morgan fingerprint density at radius 2 is 2.16 bits per heavy atom. The van der Waals surface area contributed by atoms with Crippen LogP contribution in [-0.4, -0.2) is 43.5 Å². The lowest BCUT2D eigenvalue weighted by Gasteiger charge is -2.17. The lowest BCUT2D eigenvalue weighted by atomic mass is 10.3. The topological polar surface area (TPSA) is 68.7 Å². The molecular weight excluding hydrogens is 347 g/mol. The number of sulfonamides is 1. The number of hydrogen-bond acceptors (Lipinski definition) is 5. The number of benzene rings is 1. The summed E-state index contributed by atoms with van der Waals surface area (Å²) in [5.41, 5.74) is 0. The molecule has 0 spiro atoms. The van der Waals surface area contributed by atoms with Gasteiger partial charge in [0.25, 0.3) is 0 Å². The van der Waals surface area contributed by atoms with Gasteiger partial charge in [-0.15, -0.1) is 0 Å². The van der Waals surface area contributed by atoms with E-state index in [1.165, 1.54) is 16.4 Å². The molecule has 0 amide bonds. The summed E-state index contributed by atoms with van der Waals surface area (Å²) >= 11 is 0. The van der Waals surface area contributed by atoms with Crippen molar-refractivity contribution in [2.24, 2.45) is 0 Å². The molecule has 1 aliphatic heterocycles. The molecule has 134 valence electrons. The SMILES string of the molecule is CCOc1ccc(S(=O)(=O)N2CCC(Oc3ccccn3)C2)cc1F. The molecule has 2 aromatic rings. The Morgan fingerprint density at radius 1 is 1.32 bits per heavy atom. The number of rotatable bonds is 6. The van der Waals surface area contributed by atoms with E-state index in [-0.39, 0.29) is 23.3 Å². The van der Waals surface area contributed by atoms with Crippen molar-refractivity contribution < 1.29 is 22.3 Å². The molecule has 1 aromatic heterocycles. The minimum absolute atomic E-state index is 0.0410. The lowest BCUT2D eigenvalue weighted by molar-refractivity contribution is 0.207. The number of nitrogens with zero attached hydrogens (tertiary/aromatic N) is 2. The molecule has 1 fully saturated rings. The second-order valence-electron chi connectivity index (χ2n) is 5.58. The number of aromatic nitrogens is 1. The molecule has 1 saturated heterocycles. The monoisotopic (exact) mass is 366 g/mol. The predicted octanol–water partition coefficient (Wildman–Crippen LogP) is 2.46. The molecule has 2 heterocycles. The third-order valence-electron chi connectivity index (χ3n) is 3.87. The highest BCUT2D eigenvalue weighted by Gasteiger charge is 2.34. The van der Waals surface area contributed by atoms with Crippen LogP contribution in [0.4, 0.5) is 4.39 Å². The van der Waals surface area contributed by atoms with Crippen LogP contribution < -0.4 is 9.47 Å². The van der Waals surface area contributed by atoms with Gasteiger partial charge in [0, 0.05) is 18.8 Å². The van der Waals surface area contributed by atoms with Gasteiger partial charge in [-0.25, -0.2) is 17.8 Å². The van der Waals surface area contributed by atoms with Gasteiger partial charge in [-0.2, -0.15) is 4.31 Å². The summed E-state index contributed by atoms with van der Waals surface area (Å²) in [6.07, 6.45) is 1.88. The van der Waals surface area contributed by atoms with Gasteiger partial charge >= 0.3 is 0 Å². The Bertz CT molecular complexity index is 830. The van der Waals surface area contributed by atoms with Crippen LogP contribution in [0.2, 0.25) is 0 Å². The molecule has 25 heavy (non-hydrogen) atoms. The smallest absolute Gasteiger partial charge is 0.243 e.